The Bertz CT molecular complexity index is 382. The highest BCUT2D eigenvalue weighted by molar-refractivity contribution is 5.80. The number of hydrogen-bond acceptors (Lipinski definition) is 5. The van der Waals surface area contributed by atoms with Crippen LogP contribution in [0.3, 0.4) is 0 Å². The van der Waals surface area contributed by atoms with E-state index in [4.69, 9.17) is 5.84 Å². The number of carbonyl (C=O) groups is 2. The molecule has 21 heavy (non-hydrogen) atoms. The van der Waals surface area contributed by atoms with Gasteiger partial charge in [0.2, 0.25) is 11.8 Å². The van der Waals surface area contributed by atoms with Gasteiger partial charge < -0.3 is 10.0 Å². The normalized spacial score (nSPS) is 28.4. The van der Waals surface area contributed by atoms with Crippen LogP contribution in [0.2, 0.25) is 0 Å². The molecule has 2 unspecified atom stereocenters. The molecule has 0 aromatic carbocycles. The highest BCUT2D eigenvalue weighted by atomic mass is 16.3. The molecule has 2 heterocycles. The summed E-state index contributed by atoms with van der Waals surface area (Å²) >= 11 is 0. The molecule has 2 amide bonds. The molecule has 120 valence electrons. The molecule has 7 heteroatoms. The first-order valence-electron chi connectivity index (χ1n) is 7.70. The summed E-state index contributed by atoms with van der Waals surface area (Å²) in [5.41, 5.74) is 2.18. The van der Waals surface area contributed by atoms with Crippen molar-refractivity contribution in [3.63, 3.8) is 0 Å². The van der Waals surface area contributed by atoms with Gasteiger partial charge in [0.1, 0.15) is 0 Å². The van der Waals surface area contributed by atoms with E-state index in [1.54, 1.807) is 0 Å². The minimum Gasteiger partial charge on any atom is -0.393 e. The van der Waals surface area contributed by atoms with Crippen molar-refractivity contribution in [3.8, 4) is 0 Å². The lowest BCUT2D eigenvalue weighted by Gasteiger charge is -2.36. The monoisotopic (exact) mass is 298 g/mol. The van der Waals surface area contributed by atoms with Gasteiger partial charge in [0.25, 0.3) is 0 Å². The second kappa shape index (κ2) is 7.20. The van der Waals surface area contributed by atoms with Gasteiger partial charge in [-0.2, -0.15) is 0 Å². The molecule has 4 N–H and O–H groups in total. The smallest absolute Gasteiger partial charge is 0.237 e. The number of nitrogens with two attached hydrogens (primary N) is 1. The number of aliphatic hydroxyl groups excluding tert-OH is 1. The Kier molecular flexibility index (Phi) is 5.55. The molecule has 0 aromatic rings. The van der Waals surface area contributed by atoms with E-state index in [1.807, 2.05) is 11.8 Å². The topological polar surface area (TPSA) is 98.9 Å². The fourth-order valence-corrected chi connectivity index (χ4v) is 3.16. The van der Waals surface area contributed by atoms with Crippen LogP contribution in [0, 0.1) is 11.8 Å². The third-order valence-corrected chi connectivity index (χ3v) is 4.66. The Morgan fingerprint density at radius 1 is 1.24 bits per heavy atom. The molecule has 7 nitrogen and oxygen atoms in total. The van der Waals surface area contributed by atoms with Gasteiger partial charge in [-0.25, -0.2) is 5.84 Å². The molecular weight excluding hydrogens is 272 g/mol. The van der Waals surface area contributed by atoms with E-state index in [9.17, 15) is 14.7 Å². The Hall–Kier alpha value is -1.18. The Balaban J connectivity index is 1.76. The lowest BCUT2D eigenvalue weighted by molar-refractivity contribution is -0.137. The first-order valence-corrected chi connectivity index (χ1v) is 7.70. The average molecular weight is 298 g/mol. The zero-order valence-electron chi connectivity index (χ0n) is 12.6. The van der Waals surface area contributed by atoms with Crippen LogP contribution in [0.25, 0.3) is 0 Å². The predicted molar refractivity (Wildman–Crippen MR) is 77.9 cm³/mol. The molecular formula is C14H26N4O3. The van der Waals surface area contributed by atoms with Crippen molar-refractivity contribution in [1.82, 2.24) is 15.2 Å². The molecule has 0 bridgehead atoms. The van der Waals surface area contributed by atoms with Crippen LogP contribution in [0.4, 0.5) is 0 Å². The third kappa shape index (κ3) is 4.15. The molecule has 0 aromatic heterocycles. The highest BCUT2D eigenvalue weighted by Gasteiger charge is 2.29. The molecule has 0 aliphatic carbocycles. The van der Waals surface area contributed by atoms with Gasteiger partial charge in [-0.3, -0.25) is 19.9 Å². The van der Waals surface area contributed by atoms with Crippen molar-refractivity contribution in [1.29, 1.82) is 0 Å². The van der Waals surface area contributed by atoms with E-state index in [1.165, 1.54) is 0 Å². The Labute approximate surface area is 125 Å². The molecule has 2 fully saturated rings. The lowest BCUT2D eigenvalue weighted by atomic mass is 9.95. The fourth-order valence-electron chi connectivity index (χ4n) is 3.16. The van der Waals surface area contributed by atoms with E-state index in [0.29, 0.717) is 32.5 Å². The molecule has 0 spiro atoms. The summed E-state index contributed by atoms with van der Waals surface area (Å²) in [6.07, 6.45) is 1.82. The molecule has 0 saturated carbocycles. The number of carbonyl (C=O) groups excluding carboxylic acids is 2. The molecule has 2 saturated heterocycles. The quantitative estimate of drug-likeness (QED) is 0.350. The molecule has 2 atom stereocenters. The molecule has 2 aliphatic rings. The average Bonchev–Trinajstić information content (AvgIpc) is 2.50. The first-order chi connectivity index (χ1) is 10.0. The second-order valence-corrected chi connectivity index (χ2v) is 6.23. The number of amides is 2. The SMILES string of the molecule is CC1CN(CC(=O)N2CCC(C(=O)NN)CC2)CCC1O. The van der Waals surface area contributed by atoms with Crippen molar-refractivity contribution >= 4 is 11.8 Å². The van der Waals surface area contributed by atoms with E-state index < -0.39 is 0 Å². The minimum atomic E-state index is -0.248. The number of nitrogens with zero attached hydrogens (tertiary/aromatic N) is 2. The number of nitrogens with one attached hydrogen (secondary N) is 1. The van der Waals surface area contributed by atoms with E-state index in [-0.39, 0.29) is 29.8 Å². The molecule has 2 aliphatic heterocycles. The summed E-state index contributed by atoms with van der Waals surface area (Å²) < 4.78 is 0. The molecule has 0 radical (unpaired) electrons. The van der Waals surface area contributed by atoms with Crippen LogP contribution in [0.15, 0.2) is 0 Å². The summed E-state index contributed by atoms with van der Waals surface area (Å²) in [4.78, 5) is 27.7. The van der Waals surface area contributed by atoms with Gasteiger partial charge in [-0.05, 0) is 25.2 Å². The molecule has 2 rings (SSSR count). The van der Waals surface area contributed by atoms with Crippen molar-refractivity contribution in [3.05, 3.63) is 0 Å². The number of likely N-dealkylation sites (tertiary alicyclic amines) is 2. The third-order valence-electron chi connectivity index (χ3n) is 4.66. The zero-order chi connectivity index (χ0) is 15.4. The number of rotatable bonds is 3. The number of piperidine rings is 2. The zero-order valence-corrected chi connectivity index (χ0v) is 12.6. The van der Waals surface area contributed by atoms with Gasteiger partial charge >= 0.3 is 0 Å². The Morgan fingerprint density at radius 3 is 2.48 bits per heavy atom. The standard InChI is InChI=1S/C14H26N4O3/c1-10-8-17(5-4-12(10)19)9-13(20)18-6-2-11(3-7-18)14(21)16-15/h10-12,19H,2-9,15H2,1H3,(H,16,21). The van der Waals surface area contributed by atoms with Gasteiger partial charge in [0, 0.05) is 32.1 Å². The van der Waals surface area contributed by atoms with Gasteiger partial charge in [0.05, 0.1) is 12.6 Å². The number of hydrazine groups is 1. The van der Waals surface area contributed by atoms with Crippen LogP contribution in [-0.4, -0.2) is 65.5 Å². The largest absolute Gasteiger partial charge is 0.393 e. The van der Waals surface area contributed by atoms with Crippen LogP contribution in [0.5, 0.6) is 0 Å². The summed E-state index contributed by atoms with van der Waals surface area (Å²) in [6, 6.07) is 0. The second-order valence-electron chi connectivity index (χ2n) is 6.23. The van der Waals surface area contributed by atoms with Crippen molar-refractivity contribution in [2.24, 2.45) is 17.7 Å². The summed E-state index contributed by atoms with van der Waals surface area (Å²) in [7, 11) is 0. The van der Waals surface area contributed by atoms with Gasteiger partial charge in [0.15, 0.2) is 0 Å². The maximum absolute atomic E-state index is 12.3. The minimum absolute atomic E-state index is 0.0794. The van der Waals surface area contributed by atoms with Crippen LogP contribution >= 0.6 is 0 Å². The van der Waals surface area contributed by atoms with Gasteiger partial charge in [-0.1, -0.05) is 6.92 Å². The van der Waals surface area contributed by atoms with Crippen molar-refractivity contribution in [2.75, 3.05) is 32.7 Å². The van der Waals surface area contributed by atoms with E-state index >= 15 is 0 Å². The first kappa shape index (κ1) is 16.2. The summed E-state index contributed by atoms with van der Waals surface area (Å²) in [5, 5.41) is 9.71. The Morgan fingerprint density at radius 2 is 1.90 bits per heavy atom. The van der Waals surface area contributed by atoms with Crippen LogP contribution in [0.1, 0.15) is 26.2 Å². The predicted octanol–water partition coefficient (Wildman–Crippen LogP) is -1.08. The summed E-state index contributed by atoms with van der Waals surface area (Å²) in [6.45, 7) is 5.18. The van der Waals surface area contributed by atoms with Crippen molar-refractivity contribution < 1.29 is 14.7 Å². The number of aliphatic hydroxyl groups is 1. The van der Waals surface area contributed by atoms with Crippen molar-refractivity contribution in [2.45, 2.75) is 32.3 Å². The van der Waals surface area contributed by atoms with E-state index in [0.717, 1.165) is 19.5 Å². The number of hydrogen-bond donors (Lipinski definition) is 3. The maximum Gasteiger partial charge on any atom is 0.237 e. The van der Waals surface area contributed by atoms with Crippen LogP contribution in [-0.2, 0) is 9.59 Å². The lowest BCUT2D eigenvalue weighted by Crippen LogP contribution is -2.50. The van der Waals surface area contributed by atoms with Crippen LogP contribution < -0.4 is 11.3 Å². The summed E-state index contributed by atoms with van der Waals surface area (Å²) in [5.74, 6) is 5.25. The van der Waals surface area contributed by atoms with Gasteiger partial charge in [-0.15, -0.1) is 0 Å². The van der Waals surface area contributed by atoms with E-state index in [2.05, 4.69) is 10.3 Å². The maximum atomic E-state index is 12.3. The highest BCUT2D eigenvalue weighted by Crippen LogP contribution is 2.19. The fraction of sp³-hybridized carbons (Fsp3) is 0.857.